The standard InChI is InChI=1S/C12H17/c1-5-10(3)12-8-9(2)6-7-11(12)4/h6-8,10H,3,5H2,1-2,4H3. The highest BCUT2D eigenvalue weighted by atomic mass is 14.1. The number of hydrogen-bond donors (Lipinski definition) is 0. The molecule has 12 heavy (non-hydrogen) atoms. The maximum Gasteiger partial charge on any atom is -0.0162 e. The number of rotatable bonds is 2. The topological polar surface area (TPSA) is 0 Å². The summed E-state index contributed by atoms with van der Waals surface area (Å²) in [7, 11) is 0. The second-order valence-electron chi connectivity index (χ2n) is 3.47. The molecule has 1 aromatic rings. The van der Waals surface area contributed by atoms with Gasteiger partial charge in [-0.15, -0.1) is 0 Å². The zero-order valence-corrected chi connectivity index (χ0v) is 8.22. The Morgan fingerprint density at radius 2 is 2.00 bits per heavy atom. The Morgan fingerprint density at radius 1 is 1.33 bits per heavy atom. The average Bonchev–Trinajstić information content (AvgIpc) is 2.08. The normalized spacial score (nSPS) is 13.0. The van der Waals surface area contributed by atoms with Crippen LogP contribution in [0, 0.1) is 20.8 Å². The average molecular weight is 161 g/mol. The van der Waals surface area contributed by atoms with Crippen LogP contribution in [0.5, 0.6) is 0 Å². The van der Waals surface area contributed by atoms with E-state index in [2.05, 4.69) is 45.9 Å². The summed E-state index contributed by atoms with van der Waals surface area (Å²) in [6.45, 7) is 10.6. The zero-order valence-electron chi connectivity index (χ0n) is 8.22. The van der Waals surface area contributed by atoms with Crippen molar-refractivity contribution in [1.29, 1.82) is 0 Å². The predicted molar refractivity (Wildman–Crippen MR) is 54.3 cm³/mol. The maximum absolute atomic E-state index is 4.13. The summed E-state index contributed by atoms with van der Waals surface area (Å²) in [5.41, 5.74) is 4.10. The van der Waals surface area contributed by atoms with Crippen LogP contribution in [-0.2, 0) is 0 Å². The van der Waals surface area contributed by atoms with Gasteiger partial charge in [-0.1, -0.05) is 30.7 Å². The monoisotopic (exact) mass is 161 g/mol. The molecule has 0 heterocycles. The van der Waals surface area contributed by atoms with E-state index in [1.54, 1.807) is 0 Å². The van der Waals surface area contributed by atoms with Crippen LogP contribution < -0.4 is 0 Å². The molecule has 0 bridgehead atoms. The molecule has 0 aromatic heterocycles. The summed E-state index contributed by atoms with van der Waals surface area (Å²) in [6.07, 6.45) is 1.12. The van der Waals surface area contributed by atoms with Gasteiger partial charge >= 0.3 is 0 Å². The molecule has 1 rings (SSSR count). The predicted octanol–water partition coefficient (Wildman–Crippen LogP) is 3.63. The van der Waals surface area contributed by atoms with Gasteiger partial charge in [0, 0.05) is 0 Å². The van der Waals surface area contributed by atoms with Crippen LogP contribution >= 0.6 is 0 Å². The molecule has 0 saturated carbocycles. The van der Waals surface area contributed by atoms with Crippen LogP contribution in [0.3, 0.4) is 0 Å². The Labute approximate surface area is 75.6 Å². The van der Waals surface area contributed by atoms with Gasteiger partial charge in [-0.2, -0.15) is 0 Å². The zero-order chi connectivity index (χ0) is 9.14. The molecule has 1 aromatic carbocycles. The minimum Gasteiger partial charge on any atom is -0.0648 e. The SMILES string of the molecule is [CH2]C(CC)c1cc(C)ccc1C. The fourth-order valence-corrected chi connectivity index (χ4v) is 1.42. The Balaban J connectivity index is 3.04. The molecule has 0 spiro atoms. The quantitative estimate of drug-likeness (QED) is 0.621. The molecular weight excluding hydrogens is 144 g/mol. The highest BCUT2D eigenvalue weighted by molar-refractivity contribution is 5.33. The summed E-state index contributed by atoms with van der Waals surface area (Å²) in [5, 5.41) is 0. The molecule has 0 aliphatic rings. The first-order chi connectivity index (χ1) is 5.65. The van der Waals surface area contributed by atoms with Crippen LogP contribution in [0.15, 0.2) is 18.2 Å². The van der Waals surface area contributed by atoms with Crippen molar-refractivity contribution in [3.8, 4) is 0 Å². The van der Waals surface area contributed by atoms with E-state index in [9.17, 15) is 0 Å². The van der Waals surface area contributed by atoms with Crippen molar-refractivity contribution in [1.82, 2.24) is 0 Å². The third kappa shape index (κ3) is 1.88. The van der Waals surface area contributed by atoms with Crippen molar-refractivity contribution in [2.75, 3.05) is 0 Å². The first kappa shape index (κ1) is 9.31. The van der Waals surface area contributed by atoms with E-state index in [1.165, 1.54) is 16.7 Å². The van der Waals surface area contributed by atoms with E-state index in [0.717, 1.165) is 6.42 Å². The third-order valence-electron chi connectivity index (χ3n) is 2.37. The Kier molecular flexibility index (Phi) is 2.91. The molecular formula is C12H17. The smallest absolute Gasteiger partial charge is 0.0162 e. The van der Waals surface area contributed by atoms with E-state index < -0.39 is 0 Å². The van der Waals surface area contributed by atoms with Crippen LogP contribution in [-0.4, -0.2) is 0 Å². The van der Waals surface area contributed by atoms with Gasteiger partial charge in [0.2, 0.25) is 0 Å². The van der Waals surface area contributed by atoms with Gasteiger partial charge in [0.25, 0.3) is 0 Å². The molecule has 0 amide bonds. The lowest BCUT2D eigenvalue weighted by molar-refractivity contribution is 0.794. The molecule has 0 heteroatoms. The molecule has 0 saturated heterocycles. The van der Waals surface area contributed by atoms with Gasteiger partial charge in [-0.25, -0.2) is 0 Å². The summed E-state index contributed by atoms with van der Waals surface area (Å²) in [5.74, 6) is 0.449. The second-order valence-corrected chi connectivity index (χ2v) is 3.47. The van der Waals surface area contributed by atoms with E-state index in [1.807, 2.05) is 0 Å². The fourth-order valence-electron chi connectivity index (χ4n) is 1.42. The van der Waals surface area contributed by atoms with E-state index in [-0.39, 0.29) is 0 Å². The van der Waals surface area contributed by atoms with Gasteiger partial charge in [0.15, 0.2) is 0 Å². The van der Waals surface area contributed by atoms with Crippen molar-refractivity contribution < 1.29 is 0 Å². The highest BCUT2D eigenvalue weighted by Crippen LogP contribution is 2.22. The van der Waals surface area contributed by atoms with Crippen LogP contribution in [0.4, 0.5) is 0 Å². The number of hydrogen-bond acceptors (Lipinski definition) is 0. The van der Waals surface area contributed by atoms with Crippen LogP contribution in [0.25, 0.3) is 0 Å². The summed E-state index contributed by atoms with van der Waals surface area (Å²) >= 11 is 0. The van der Waals surface area contributed by atoms with Crippen LogP contribution in [0.1, 0.15) is 36.0 Å². The Morgan fingerprint density at radius 3 is 2.58 bits per heavy atom. The van der Waals surface area contributed by atoms with E-state index in [4.69, 9.17) is 0 Å². The molecule has 0 fully saturated rings. The van der Waals surface area contributed by atoms with Crippen molar-refractivity contribution >= 4 is 0 Å². The van der Waals surface area contributed by atoms with Crippen molar-refractivity contribution in [3.05, 3.63) is 41.8 Å². The fraction of sp³-hybridized carbons (Fsp3) is 0.417. The molecule has 0 N–H and O–H groups in total. The lowest BCUT2D eigenvalue weighted by Gasteiger charge is -2.12. The maximum atomic E-state index is 4.13. The lowest BCUT2D eigenvalue weighted by atomic mass is 9.93. The molecule has 1 atom stereocenters. The van der Waals surface area contributed by atoms with E-state index >= 15 is 0 Å². The molecule has 1 unspecified atom stereocenters. The molecule has 0 aliphatic heterocycles. The van der Waals surface area contributed by atoms with Crippen molar-refractivity contribution in [3.63, 3.8) is 0 Å². The third-order valence-corrected chi connectivity index (χ3v) is 2.37. The van der Waals surface area contributed by atoms with Crippen molar-refractivity contribution in [2.24, 2.45) is 0 Å². The number of benzene rings is 1. The second kappa shape index (κ2) is 3.75. The van der Waals surface area contributed by atoms with E-state index in [0.29, 0.717) is 5.92 Å². The molecule has 0 aliphatic carbocycles. The summed E-state index contributed by atoms with van der Waals surface area (Å²) < 4.78 is 0. The first-order valence-electron chi connectivity index (χ1n) is 4.55. The van der Waals surface area contributed by atoms with Gasteiger partial charge in [0.1, 0.15) is 0 Å². The summed E-state index contributed by atoms with van der Waals surface area (Å²) in [6, 6.07) is 6.58. The van der Waals surface area contributed by atoms with Gasteiger partial charge in [-0.3, -0.25) is 0 Å². The largest absolute Gasteiger partial charge is 0.0648 e. The number of aryl methyl sites for hydroxylation is 2. The minimum atomic E-state index is 0.449. The summed E-state index contributed by atoms with van der Waals surface area (Å²) in [4.78, 5) is 0. The molecule has 1 radical (unpaired) electrons. The van der Waals surface area contributed by atoms with Crippen LogP contribution in [0.2, 0.25) is 0 Å². The van der Waals surface area contributed by atoms with Gasteiger partial charge in [-0.05, 0) is 44.2 Å². The minimum absolute atomic E-state index is 0.449. The van der Waals surface area contributed by atoms with Crippen molar-refractivity contribution in [2.45, 2.75) is 33.1 Å². The lowest BCUT2D eigenvalue weighted by Crippen LogP contribution is -1.95. The first-order valence-corrected chi connectivity index (χ1v) is 4.55. The Bertz CT molecular complexity index is 261. The highest BCUT2D eigenvalue weighted by Gasteiger charge is 2.05. The van der Waals surface area contributed by atoms with Gasteiger partial charge < -0.3 is 0 Å². The Hall–Kier alpha value is -0.780. The molecule has 65 valence electrons. The van der Waals surface area contributed by atoms with Gasteiger partial charge in [0.05, 0.1) is 0 Å². The molecule has 0 nitrogen and oxygen atoms in total.